The Morgan fingerprint density at radius 2 is 1.08 bits per heavy atom. The van der Waals surface area contributed by atoms with Crippen LogP contribution < -0.4 is 10.6 Å². The van der Waals surface area contributed by atoms with E-state index in [1.807, 2.05) is 21.1 Å². The molecule has 2 fully saturated rings. The van der Waals surface area contributed by atoms with Crippen molar-refractivity contribution in [2.75, 3.05) is 94.9 Å². The monoisotopic (exact) mass is 376 g/mol. The molecule has 2 heterocycles. The van der Waals surface area contributed by atoms with E-state index in [9.17, 15) is 0 Å². The molecule has 2 rings (SSSR count). The van der Waals surface area contributed by atoms with Crippen molar-refractivity contribution in [2.45, 2.75) is 38.5 Å². The minimum absolute atomic E-state index is 0.889. The van der Waals surface area contributed by atoms with Crippen molar-refractivity contribution in [3.05, 3.63) is 0 Å². The maximum atomic E-state index is 5.00. The van der Waals surface area contributed by atoms with Gasteiger partial charge >= 0.3 is 0 Å². The highest BCUT2D eigenvalue weighted by molar-refractivity contribution is 4.64. The van der Waals surface area contributed by atoms with Crippen molar-refractivity contribution in [3.8, 4) is 0 Å². The van der Waals surface area contributed by atoms with Crippen molar-refractivity contribution in [2.24, 2.45) is 0 Å². The summed E-state index contributed by atoms with van der Waals surface area (Å²) in [6.07, 6.45) is 8.43. The molecule has 0 unspecified atom stereocenters. The largest absolute Gasteiger partial charge is 0.388 e. The van der Waals surface area contributed by atoms with Gasteiger partial charge in [0.1, 0.15) is 0 Å². The Kier molecular flexibility index (Phi) is 26.6. The van der Waals surface area contributed by atoms with Gasteiger partial charge < -0.3 is 29.9 Å². The van der Waals surface area contributed by atoms with E-state index in [2.05, 4.69) is 25.2 Å². The lowest BCUT2D eigenvalue weighted by Crippen LogP contribution is -2.34. The van der Waals surface area contributed by atoms with Crippen molar-refractivity contribution in [1.82, 2.24) is 20.4 Å². The molecule has 0 saturated carbocycles. The van der Waals surface area contributed by atoms with E-state index in [0.717, 1.165) is 19.7 Å². The van der Waals surface area contributed by atoms with Crippen LogP contribution in [0.3, 0.4) is 0 Å². The van der Waals surface area contributed by atoms with E-state index >= 15 is 0 Å². The van der Waals surface area contributed by atoms with Crippen LogP contribution in [0.15, 0.2) is 0 Å². The molecule has 0 radical (unpaired) electrons. The van der Waals surface area contributed by atoms with Crippen molar-refractivity contribution < 1.29 is 9.47 Å². The number of methoxy groups -OCH3 is 2. The highest BCUT2D eigenvalue weighted by atomic mass is 16.5. The van der Waals surface area contributed by atoms with Gasteiger partial charge in [-0.2, -0.15) is 0 Å². The summed E-state index contributed by atoms with van der Waals surface area (Å²) in [5.74, 6) is 0. The van der Waals surface area contributed by atoms with Crippen molar-refractivity contribution >= 4 is 0 Å². The number of ether oxygens (including phenoxy) is 2. The molecule has 0 aromatic carbocycles. The van der Waals surface area contributed by atoms with Gasteiger partial charge in [0.25, 0.3) is 0 Å². The molecule has 0 aromatic rings. The molecule has 0 amide bonds. The van der Waals surface area contributed by atoms with Crippen LogP contribution in [0.5, 0.6) is 0 Å². The quantitative estimate of drug-likeness (QED) is 0.738. The average molecular weight is 377 g/mol. The first-order valence-corrected chi connectivity index (χ1v) is 10.3. The van der Waals surface area contributed by atoms with Gasteiger partial charge in [0.05, 0.1) is 6.61 Å². The predicted molar refractivity (Wildman–Crippen MR) is 114 cm³/mol. The number of nitrogens with zero attached hydrogens (tertiary/aromatic N) is 2. The number of likely N-dealkylation sites (tertiary alicyclic amines) is 2. The van der Waals surface area contributed by atoms with Gasteiger partial charge in [-0.1, -0.05) is 12.8 Å². The molecule has 160 valence electrons. The Labute approximate surface area is 164 Å². The SMILES string of the molecule is CNC.CNCCN1CCCCC1.COC.COCCN1CCCCC1. The van der Waals surface area contributed by atoms with E-state index in [0.29, 0.717) is 0 Å². The first kappa shape index (κ1) is 28.0. The van der Waals surface area contributed by atoms with Gasteiger partial charge in [0.2, 0.25) is 0 Å². The van der Waals surface area contributed by atoms with Gasteiger partial charge in [-0.3, -0.25) is 0 Å². The van der Waals surface area contributed by atoms with Crippen LogP contribution in [-0.2, 0) is 9.47 Å². The Morgan fingerprint density at radius 1 is 0.692 bits per heavy atom. The van der Waals surface area contributed by atoms with E-state index in [1.54, 1.807) is 21.3 Å². The number of hydrogen-bond donors (Lipinski definition) is 2. The molecule has 2 N–H and O–H groups in total. The zero-order chi connectivity index (χ0) is 19.9. The lowest BCUT2D eigenvalue weighted by atomic mass is 10.1. The molecule has 0 spiro atoms. The lowest BCUT2D eigenvalue weighted by Gasteiger charge is -2.25. The number of likely N-dealkylation sites (N-methyl/N-ethyl adjacent to an activating group) is 1. The van der Waals surface area contributed by atoms with Gasteiger partial charge in [0.15, 0.2) is 0 Å². The van der Waals surface area contributed by atoms with Crippen LogP contribution in [0.4, 0.5) is 0 Å². The summed E-state index contributed by atoms with van der Waals surface area (Å²) in [5, 5.41) is 5.92. The normalized spacial score (nSPS) is 17.8. The van der Waals surface area contributed by atoms with Crippen LogP contribution in [0.2, 0.25) is 0 Å². The van der Waals surface area contributed by atoms with Gasteiger partial charge in [-0.15, -0.1) is 0 Å². The molecule has 0 aliphatic carbocycles. The topological polar surface area (TPSA) is 49.0 Å². The molecule has 0 atom stereocenters. The van der Waals surface area contributed by atoms with Crippen LogP contribution in [0, 0.1) is 0 Å². The third-order valence-electron chi connectivity index (χ3n) is 4.19. The van der Waals surface area contributed by atoms with E-state index in [4.69, 9.17) is 4.74 Å². The number of hydrogen-bond acceptors (Lipinski definition) is 6. The summed E-state index contributed by atoms with van der Waals surface area (Å²) < 4.78 is 9.25. The Hall–Kier alpha value is -0.240. The zero-order valence-corrected chi connectivity index (χ0v) is 18.6. The van der Waals surface area contributed by atoms with Crippen LogP contribution in [0.1, 0.15) is 38.5 Å². The molecule has 2 aliphatic heterocycles. The third kappa shape index (κ3) is 21.8. The molecule has 0 bridgehead atoms. The Balaban J connectivity index is 0. The molecule has 26 heavy (non-hydrogen) atoms. The van der Waals surface area contributed by atoms with Gasteiger partial charge in [0, 0.05) is 41.0 Å². The minimum Gasteiger partial charge on any atom is -0.388 e. The van der Waals surface area contributed by atoms with Crippen molar-refractivity contribution in [3.63, 3.8) is 0 Å². The average Bonchev–Trinajstić information content (AvgIpc) is 2.68. The molecular weight excluding hydrogens is 328 g/mol. The molecule has 2 aliphatic rings. The number of piperidine rings is 2. The van der Waals surface area contributed by atoms with Crippen LogP contribution in [0.25, 0.3) is 0 Å². The van der Waals surface area contributed by atoms with Gasteiger partial charge in [-0.05, 0) is 73.0 Å². The predicted octanol–water partition coefficient (Wildman–Crippen LogP) is 1.91. The minimum atomic E-state index is 0.889. The summed E-state index contributed by atoms with van der Waals surface area (Å²) in [7, 11) is 10.8. The maximum absolute atomic E-state index is 5.00. The summed E-state index contributed by atoms with van der Waals surface area (Å²) in [4.78, 5) is 5.02. The van der Waals surface area contributed by atoms with E-state index in [1.165, 1.54) is 71.2 Å². The highest BCUT2D eigenvalue weighted by Gasteiger charge is 2.08. The lowest BCUT2D eigenvalue weighted by molar-refractivity contribution is 0.135. The van der Waals surface area contributed by atoms with Crippen LogP contribution >= 0.6 is 0 Å². The summed E-state index contributed by atoms with van der Waals surface area (Å²) in [5.41, 5.74) is 0. The molecular formula is C20H48N4O2. The second-order valence-corrected chi connectivity index (χ2v) is 6.81. The first-order valence-electron chi connectivity index (χ1n) is 10.3. The third-order valence-corrected chi connectivity index (χ3v) is 4.19. The van der Waals surface area contributed by atoms with Gasteiger partial charge in [-0.25, -0.2) is 0 Å². The molecule has 6 nitrogen and oxygen atoms in total. The molecule has 0 aromatic heterocycles. The first-order chi connectivity index (χ1) is 12.7. The molecule has 6 heteroatoms. The fourth-order valence-electron chi connectivity index (χ4n) is 2.86. The smallest absolute Gasteiger partial charge is 0.0589 e. The van der Waals surface area contributed by atoms with E-state index in [-0.39, 0.29) is 0 Å². The fraction of sp³-hybridized carbons (Fsp3) is 1.00. The highest BCUT2D eigenvalue weighted by Crippen LogP contribution is 2.07. The second kappa shape index (κ2) is 24.8. The molecule has 2 saturated heterocycles. The standard InChI is InChI=1S/C8H18N2.C8H17NO.C2H7N.C2H6O/c1-9-5-8-10-6-3-2-4-7-10;1-10-8-7-9-5-3-2-4-6-9;2*1-3-2/h9H,2-8H2,1H3;2-8H2,1H3;3H,1-2H3;1-2H3. The van der Waals surface area contributed by atoms with E-state index < -0.39 is 0 Å². The summed E-state index contributed by atoms with van der Waals surface area (Å²) in [6.45, 7) is 9.59. The number of rotatable bonds is 6. The van der Waals surface area contributed by atoms with Crippen LogP contribution in [-0.4, -0.2) is 105 Å². The Bertz CT molecular complexity index is 210. The maximum Gasteiger partial charge on any atom is 0.0589 e. The second-order valence-electron chi connectivity index (χ2n) is 6.81. The zero-order valence-electron chi connectivity index (χ0n) is 18.6. The van der Waals surface area contributed by atoms with Crippen molar-refractivity contribution in [1.29, 1.82) is 0 Å². The Morgan fingerprint density at radius 3 is 1.42 bits per heavy atom. The number of nitrogens with one attached hydrogen (secondary N) is 2. The fourth-order valence-corrected chi connectivity index (χ4v) is 2.86. The summed E-state index contributed by atoms with van der Waals surface area (Å²) >= 11 is 0. The summed E-state index contributed by atoms with van der Waals surface area (Å²) in [6, 6.07) is 0.